The Kier molecular flexibility index (Phi) is 4.37. The summed E-state index contributed by atoms with van der Waals surface area (Å²) < 4.78 is 33.2. The molecule has 0 aliphatic carbocycles. The summed E-state index contributed by atoms with van der Waals surface area (Å²) in [6, 6.07) is 8.79. The minimum atomic E-state index is -3.91. The highest BCUT2D eigenvalue weighted by molar-refractivity contribution is 7.92. The van der Waals surface area contributed by atoms with Gasteiger partial charge >= 0.3 is 0 Å². The van der Waals surface area contributed by atoms with Crippen LogP contribution in [-0.2, 0) is 10.0 Å². The number of phenolic OH excluding ortho intramolecular Hbond substituents is 2. The van der Waals surface area contributed by atoms with Gasteiger partial charge in [0.1, 0.15) is 5.76 Å². The number of nitrogens with one attached hydrogen (secondary N) is 1. The fourth-order valence-corrected chi connectivity index (χ4v) is 4.06. The van der Waals surface area contributed by atoms with E-state index in [1.807, 2.05) is 6.07 Å². The van der Waals surface area contributed by atoms with Crippen molar-refractivity contribution in [2.45, 2.75) is 25.7 Å². The van der Waals surface area contributed by atoms with Crippen LogP contribution in [0.25, 0.3) is 11.1 Å². The highest BCUT2D eigenvalue weighted by Gasteiger charge is 2.20. The molecule has 0 saturated heterocycles. The molecule has 0 aliphatic heterocycles. The Morgan fingerprint density at radius 2 is 1.73 bits per heavy atom. The molecule has 0 saturated carbocycles. The van der Waals surface area contributed by atoms with Gasteiger partial charge in [0, 0.05) is 11.6 Å². The molecule has 1 aromatic heterocycles. The highest BCUT2D eigenvalue weighted by Crippen LogP contribution is 2.32. The summed E-state index contributed by atoms with van der Waals surface area (Å²) in [6.07, 6.45) is 0. The number of anilines is 1. The molecule has 0 amide bonds. The predicted molar refractivity (Wildman–Crippen MR) is 96.7 cm³/mol. The zero-order chi connectivity index (χ0) is 19.1. The standard InChI is InChI=1S/C18H18N2O5S/c1-10-4-5-13(18-11(2)19-25-12(18)3)8-17(10)26(23,24)20-14-6-7-15(21)16(22)9-14/h4-9,20-22H,1-3H3. The Labute approximate surface area is 151 Å². The van der Waals surface area contributed by atoms with Gasteiger partial charge in [0.05, 0.1) is 16.3 Å². The zero-order valence-corrected chi connectivity index (χ0v) is 15.3. The van der Waals surface area contributed by atoms with Gasteiger partial charge < -0.3 is 14.7 Å². The van der Waals surface area contributed by atoms with Crippen molar-refractivity contribution in [1.82, 2.24) is 5.16 Å². The Balaban J connectivity index is 2.04. The van der Waals surface area contributed by atoms with Gasteiger partial charge in [-0.05, 0) is 50.1 Å². The SMILES string of the molecule is Cc1ccc(-c2c(C)noc2C)cc1S(=O)(=O)Nc1ccc(O)c(O)c1. The Bertz CT molecular complexity index is 1070. The molecular formula is C18H18N2O5S. The lowest BCUT2D eigenvalue weighted by Crippen LogP contribution is -2.14. The number of aromatic hydroxyl groups is 2. The summed E-state index contributed by atoms with van der Waals surface area (Å²) in [6.45, 7) is 5.25. The topological polar surface area (TPSA) is 113 Å². The monoisotopic (exact) mass is 374 g/mol. The van der Waals surface area contributed by atoms with Crippen LogP contribution in [0.4, 0.5) is 5.69 Å². The second-order valence-corrected chi connectivity index (χ2v) is 7.64. The minimum absolute atomic E-state index is 0.0996. The summed E-state index contributed by atoms with van der Waals surface area (Å²) >= 11 is 0. The van der Waals surface area contributed by atoms with Crippen LogP contribution in [0.1, 0.15) is 17.0 Å². The predicted octanol–water partition coefficient (Wildman–Crippen LogP) is 3.48. The van der Waals surface area contributed by atoms with Crippen LogP contribution in [0.3, 0.4) is 0 Å². The van der Waals surface area contributed by atoms with E-state index in [0.29, 0.717) is 22.6 Å². The van der Waals surface area contributed by atoms with Gasteiger partial charge in [-0.1, -0.05) is 17.3 Å². The molecule has 0 spiro atoms. The van der Waals surface area contributed by atoms with E-state index in [-0.39, 0.29) is 16.3 Å². The van der Waals surface area contributed by atoms with Crippen molar-refractivity contribution < 1.29 is 23.2 Å². The van der Waals surface area contributed by atoms with Crippen LogP contribution >= 0.6 is 0 Å². The molecule has 2 aromatic carbocycles. The Morgan fingerprint density at radius 1 is 1.00 bits per heavy atom. The first-order valence-corrected chi connectivity index (χ1v) is 9.26. The van der Waals surface area contributed by atoms with Crippen LogP contribution in [0.2, 0.25) is 0 Å². The molecule has 0 atom stereocenters. The average molecular weight is 374 g/mol. The summed E-state index contributed by atoms with van der Waals surface area (Å²) in [5.41, 5.74) is 2.81. The third-order valence-corrected chi connectivity index (χ3v) is 5.55. The van der Waals surface area contributed by atoms with E-state index >= 15 is 0 Å². The second-order valence-electron chi connectivity index (χ2n) is 5.99. The summed E-state index contributed by atoms with van der Waals surface area (Å²) in [7, 11) is -3.91. The molecule has 1 heterocycles. The zero-order valence-electron chi connectivity index (χ0n) is 14.4. The lowest BCUT2D eigenvalue weighted by molar-refractivity contribution is 0.393. The molecule has 7 nitrogen and oxygen atoms in total. The fraction of sp³-hybridized carbons (Fsp3) is 0.167. The molecule has 0 aliphatic rings. The summed E-state index contributed by atoms with van der Waals surface area (Å²) in [5, 5.41) is 22.8. The van der Waals surface area contributed by atoms with Crippen molar-refractivity contribution in [2.75, 3.05) is 4.72 Å². The Morgan fingerprint density at radius 3 is 2.35 bits per heavy atom. The molecular weight excluding hydrogens is 356 g/mol. The van der Waals surface area contributed by atoms with Crippen LogP contribution in [0.15, 0.2) is 45.8 Å². The number of hydrogen-bond acceptors (Lipinski definition) is 6. The lowest BCUT2D eigenvalue weighted by Gasteiger charge is -2.12. The van der Waals surface area contributed by atoms with Gasteiger partial charge in [0.2, 0.25) is 0 Å². The molecule has 136 valence electrons. The number of hydrogen-bond donors (Lipinski definition) is 3. The first kappa shape index (κ1) is 17.8. The molecule has 3 rings (SSSR count). The first-order chi connectivity index (χ1) is 12.2. The van der Waals surface area contributed by atoms with E-state index in [9.17, 15) is 18.6 Å². The average Bonchev–Trinajstić information content (AvgIpc) is 2.90. The van der Waals surface area contributed by atoms with Crippen LogP contribution in [0.5, 0.6) is 11.5 Å². The van der Waals surface area contributed by atoms with Crippen LogP contribution in [0, 0.1) is 20.8 Å². The van der Waals surface area contributed by atoms with E-state index in [2.05, 4.69) is 9.88 Å². The number of sulfonamides is 1. The molecule has 0 unspecified atom stereocenters. The van der Waals surface area contributed by atoms with Gasteiger partial charge in [-0.25, -0.2) is 8.42 Å². The van der Waals surface area contributed by atoms with Crippen molar-refractivity contribution in [3.63, 3.8) is 0 Å². The summed E-state index contributed by atoms with van der Waals surface area (Å²) in [4.78, 5) is 0.0996. The number of rotatable bonds is 4. The maximum Gasteiger partial charge on any atom is 0.262 e. The molecule has 26 heavy (non-hydrogen) atoms. The second kappa shape index (κ2) is 6.38. The van der Waals surface area contributed by atoms with Crippen molar-refractivity contribution in [3.05, 3.63) is 53.4 Å². The number of benzene rings is 2. The van der Waals surface area contributed by atoms with Gasteiger partial charge in [-0.2, -0.15) is 0 Å². The maximum atomic E-state index is 12.8. The van der Waals surface area contributed by atoms with Crippen molar-refractivity contribution in [1.29, 1.82) is 0 Å². The first-order valence-electron chi connectivity index (χ1n) is 7.78. The van der Waals surface area contributed by atoms with Crippen molar-refractivity contribution >= 4 is 15.7 Å². The van der Waals surface area contributed by atoms with Crippen molar-refractivity contribution in [3.8, 4) is 22.6 Å². The van der Waals surface area contributed by atoms with Crippen LogP contribution < -0.4 is 4.72 Å². The van der Waals surface area contributed by atoms with Gasteiger partial charge in [-0.15, -0.1) is 0 Å². The molecule has 8 heteroatoms. The number of phenols is 2. The molecule has 0 bridgehead atoms. The van der Waals surface area contributed by atoms with E-state index in [1.165, 1.54) is 12.1 Å². The van der Waals surface area contributed by atoms with Crippen molar-refractivity contribution in [2.24, 2.45) is 0 Å². The summed E-state index contributed by atoms with van der Waals surface area (Å²) in [5.74, 6) is -0.137. The lowest BCUT2D eigenvalue weighted by atomic mass is 10.0. The number of aromatic nitrogens is 1. The highest BCUT2D eigenvalue weighted by atomic mass is 32.2. The van der Waals surface area contributed by atoms with Gasteiger partial charge in [0.15, 0.2) is 11.5 Å². The number of aryl methyl sites for hydroxylation is 3. The van der Waals surface area contributed by atoms with Gasteiger partial charge in [-0.3, -0.25) is 4.72 Å². The normalized spacial score (nSPS) is 11.5. The molecule has 0 radical (unpaired) electrons. The van der Waals surface area contributed by atoms with E-state index in [0.717, 1.165) is 11.6 Å². The van der Waals surface area contributed by atoms with E-state index in [1.54, 1.807) is 32.9 Å². The largest absolute Gasteiger partial charge is 0.504 e. The quantitative estimate of drug-likeness (QED) is 0.476. The van der Waals surface area contributed by atoms with Crippen LogP contribution in [-0.4, -0.2) is 23.8 Å². The molecule has 0 fully saturated rings. The van der Waals surface area contributed by atoms with Gasteiger partial charge in [0.25, 0.3) is 10.0 Å². The Hall–Kier alpha value is -3.00. The smallest absolute Gasteiger partial charge is 0.262 e. The third kappa shape index (κ3) is 3.23. The minimum Gasteiger partial charge on any atom is -0.504 e. The fourth-order valence-electron chi connectivity index (χ4n) is 2.74. The van der Waals surface area contributed by atoms with E-state index < -0.39 is 15.8 Å². The molecule has 3 aromatic rings. The molecule has 3 N–H and O–H groups in total. The van der Waals surface area contributed by atoms with E-state index in [4.69, 9.17) is 4.52 Å². The maximum absolute atomic E-state index is 12.8. The number of nitrogens with zero attached hydrogens (tertiary/aromatic N) is 1. The third-order valence-electron chi connectivity index (χ3n) is 4.03.